The number of anilines is 2. The quantitative estimate of drug-likeness (QED) is 0.415. The normalized spacial score (nSPS) is 12.9. The van der Waals surface area contributed by atoms with Gasteiger partial charge in [0.1, 0.15) is 6.34 Å². The molecule has 0 spiro atoms. The van der Waals surface area contributed by atoms with Crippen LogP contribution in [0.5, 0.6) is 0 Å². The third kappa shape index (κ3) is 5.73. The van der Waals surface area contributed by atoms with E-state index in [9.17, 15) is 20.2 Å². The first-order valence-corrected chi connectivity index (χ1v) is 8.33. The molecule has 0 fully saturated rings. The number of nitrogens with one attached hydrogen (secondary N) is 1. The fourth-order valence-electron chi connectivity index (χ4n) is 2.03. The van der Waals surface area contributed by atoms with Crippen LogP contribution in [0.2, 0.25) is 0 Å². The van der Waals surface area contributed by atoms with Crippen LogP contribution in [-0.4, -0.2) is 20.8 Å². The second-order valence-electron chi connectivity index (χ2n) is 4.92. The van der Waals surface area contributed by atoms with E-state index in [4.69, 9.17) is 18.6 Å². The smallest absolute Gasteiger partial charge is 0.265 e. The number of rotatable bonds is 4. The molecule has 14 nitrogen and oxygen atoms in total. The molecule has 0 aromatic heterocycles. The summed E-state index contributed by atoms with van der Waals surface area (Å²) >= 11 is 0. The van der Waals surface area contributed by atoms with Gasteiger partial charge in [-0.15, -0.1) is 5.10 Å². The van der Waals surface area contributed by atoms with Gasteiger partial charge in [-0.05, 0) is 24.3 Å². The van der Waals surface area contributed by atoms with Crippen molar-refractivity contribution < 1.29 is 38.7 Å². The summed E-state index contributed by atoms with van der Waals surface area (Å²) in [6.07, 6.45) is 1.43. The largest absolute Gasteiger partial charge is 0.269 e. The molecule has 0 aliphatic carbocycles. The summed E-state index contributed by atoms with van der Waals surface area (Å²) in [4.78, 5) is 20.4. The van der Waals surface area contributed by atoms with Crippen molar-refractivity contribution >= 4 is 29.1 Å². The van der Waals surface area contributed by atoms with Gasteiger partial charge >= 0.3 is 0 Å². The summed E-state index contributed by atoms with van der Waals surface area (Å²) in [5.74, 6) is 0. The second kappa shape index (κ2) is 8.42. The maximum atomic E-state index is 10.7. The highest BCUT2D eigenvalue weighted by atomic mass is 35.7. The standard InChI is InChI=1S/C13H10N6O4.ClHO4/c20-18(21)12-5-1-10(2-6-12)16-14-9-15-17(16)11-3-7-13(8-4-11)19(22)23;2-1(3,4)5/h1-9H,(H,14,15);(H,2,3,4,5). The lowest BCUT2D eigenvalue weighted by atomic mass is 10.3. The van der Waals surface area contributed by atoms with Crippen molar-refractivity contribution in [2.45, 2.75) is 0 Å². The first-order chi connectivity index (χ1) is 13.1. The second-order valence-corrected chi connectivity index (χ2v) is 5.71. The van der Waals surface area contributed by atoms with Crippen molar-refractivity contribution in [3.05, 3.63) is 68.8 Å². The predicted molar refractivity (Wildman–Crippen MR) is 85.0 cm³/mol. The van der Waals surface area contributed by atoms with Crippen LogP contribution in [0.25, 0.3) is 0 Å². The van der Waals surface area contributed by atoms with Gasteiger partial charge in [-0.1, -0.05) is 0 Å². The monoisotopic (exact) mass is 414 g/mol. The van der Waals surface area contributed by atoms with Gasteiger partial charge in [0.25, 0.3) is 11.4 Å². The van der Waals surface area contributed by atoms with Crippen LogP contribution in [-0.2, 0) is 0 Å². The van der Waals surface area contributed by atoms with Gasteiger partial charge < -0.3 is 0 Å². The molecule has 3 rings (SSSR count). The molecule has 0 amide bonds. The molecule has 15 heteroatoms. The van der Waals surface area contributed by atoms with E-state index in [2.05, 4.69) is 10.5 Å². The summed E-state index contributed by atoms with van der Waals surface area (Å²) in [6, 6.07) is 11.7. The topological polar surface area (TPSA) is 207 Å². The van der Waals surface area contributed by atoms with Gasteiger partial charge in [0.2, 0.25) is 0 Å². The molecule has 2 aromatic carbocycles. The lowest BCUT2D eigenvalue weighted by molar-refractivity contribution is -1.92. The summed E-state index contributed by atoms with van der Waals surface area (Å²) in [7, 11) is -4.69. The van der Waals surface area contributed by atoms with Crippen molar-refractivity contribution in [1.82, 2.24) is 5.43 Å². The Morgan fingerprint density at radius 1 is 0.857 bits per heavy atom. The number of hydrazone groups is 1. The molecule has 0 radical (unpaired) electrons. The van der Waals surface area contributed by atoms with Crippen molar-refractivity contribution in [3.63, 3.8) is 0 Å². The Balaban J connectivity index is 0.000000500. The van der Waals surface area contributed by atoms with Gasteiger partial charge in [-0.25, -0.2) is 0 Å². The molecule has 2 N–H and O–H groups in total. The first-order valence-electron chi connectivity index (χ1n) is 7.07. The van der Waals surface area contributed by atoms with Crippen LogP contribution in [0.4, 0.5) is 22.7 Å². The molecule has 0 saturated heterocycles. The summed E-state index contributed by atoms with van der Waals surface area (Å²) in [5, 5.41) is 28.5. The summed E-state index contributed by atoms with van der Waals surface area (Å²) in [6.45, 7) is 0. The van der Waals surface area contributed by atoms with E-state index < -0.39 is 20.1 Å². The highest BCUT2D eigenvalue weighted by Crippen LogP contribution is 2.26. The Kier molecular flexibility index (Phi) is 6.24. The molecule has 0 bridgehead atoms. The maximum Gasteiger partial charge on any atom is 0.269 e. The van der Waals surface area contributed by atoms with Gasteiger partial charge in [0.15, 0.2) is 0 Å². The van der Waals surface area contributed by atoms with Gasteiger partial charge in [0, 0.05) is 24.3 Å². The Bertz CT molecular complexity index is 864. The van der Waals surface area contributed by atoms with E-state index in [1.165, 1.54) is 35.7 Å². The number of nitrogens with zero attached hydrogens (tertiary/aromatic N) is 5. The highest BCUT2D eigenvalue weighted by molar-refractivity contribution is 5.71. The van der Waals surface area contributed by atoms with E-state index in [0.29, 0.717) is 11.4 Å². The highest BCUT2D eigenvalue weighted by Gasteiger charge is 2.21. The number of non-ortho nitro benzene ring substituents is 2. The molecule has 0 atom stereocenters. The van der Waals surface area contributed by atoms with E-state index >= 15 is 0 Å². The molecule has 148 valence electrons. The number of nitro benzene ring substituents is 2. The Morgan fingerprint density at radius 2 is 1.25 bits per heavy atom. The fourth-order valence-corrected chi connectivity index (χ4v) is 2.03. The molecule has 0 saturated carbocycles. The SMILES string of the molecule is O=[N+]([O-])c1ccc(N2N=CNN2c2ccc([N+](=O)[O-])cc2)cc1.[O-][Cl+3]([O-])([O-])O. The Morgan fingerprint density at radius 3 is 1.64 bits per heavy atom. The van der Waals surface area contributed by atoms with Crippen molar-refractivity contribution in [2.75, 3.05) is 10.2 Å². The van der Waals surface area contributed by atoms with Crippen LogP contribution >= 0.6 is 0 Å². The third-order valence-electron chi connectivity index (χ3n) is 3.13. The number of halogens is 1. The minimum atomic E-state index is -4.69. The molecule has 2 aromatic rings. The zero-order valence-electron chi connectivity index (χ0n) is 13.6. The predicted octanol–water partition coefficient (Wildman–Crippen LogP) is -1.93. The van der Waals surface area contributed by atoms with E-state index in [1.807, 2.05) is 0 Å². The number of hydrogen-bond donors (Lipinski definition) is 2. The number of benzene rings is 2. The van der Waals surface area contributed by atoms with Crippen LogP contribution in [0.15, 0.2) is 53.6 Å². The number of nitro groups is 2. The third-order valence-corrected chi connectivity index (χ3v) is 3.13. The molecule has 1 heterocycles. The molecular formula is C13H11ClN6O8. The van der Waals surface area contributed by atoms with Crippen molar-refractivity contribution in [1.29, 1.82) is 0 Å². The van der Waals surface area contributed by atoms with Crippen LogP contribution in [0, 0.1) is 30.5 Å². The minimum Gasteiger partial charge on any atom is -0.265 e. The van der Waals surface area contributed by atoms with Gasteiger partial charge in [-0.3, -0.25) is 25.7 Å². The average Bonchev–Trinajstić information content (AvgIpc) is 3.10. The van der Waals surface area contributed by atoms with Crippen molar-refractivity contribution in [2.24, 2.45) is 5.10 Å². The minimum absolute atomic E-state index is 0.0178. The van der Waals surface area contributed by atoms with Crippen LogP contribution in [0.1, 0.15) is 0 Å². The molecule has 1 aliphatic rings. The average molecular weight is 415 g/mol. The number of hydrogen-bond acceptors (Lipinski definition) is 12. The van der Waals surface area contributed by atoms with Crippen LogP contribution in [0.3, 0.4) is 0 Å². The Labute approximate surface area is 158 Å². The lowest BCUT2D eigenvalue weighted by Crippen LogP contribution is -2.58. The lowest BCUT2D eigenvalue weighted by Gasteiger charge is -2.27. The molecular weight excluding hydrogens is 404 g/mol. The maximum absolute atomic E-state index is 10.7. The van der Waals surface area contributed by atoms with Gasteiger partial charge in [-0.2, -0.15) is 24.2 Å². The molecule has 1 aliphatic heterocycles. The van der Waals surface area contributed by atoms with E-state index in [0.717, 1.165) is 0 Å². The van der Waals surface area contributed by atoms with E-state index in [-0.39, 0.29) is 11.4 Å². The van der Waals surface area contributed by atoms with Gasteiger partial charge in [0.05, 0.1) is 36.1 Å². The fraction of sp³-hybridized carbons (Fsp3) is 0. The van der Waals surface area contributed by atoms with Crippen LogP contribution < -0.4 is 29.6 Å². The summed E-state index contributed by atoms with van der Waals surface area (Å²) < 4.78 is 32.7. The molecule has 0 unspecified atom stereocenters. The number of hydrazine groups is 2. The van der Waals surface area contributed by atoms with E-state index in [1.54, 1.807) is 29.4 Å². The molecule has 28 heavy (non-hydrogen) atoms. The zero-order chi connectivity index (χ0) is 20.9. The first kappa shape index (κ1) is 20.7. The Hall–Kier alpha value is -3.56. The summed E-state index contributed by atoms with van der Waals surface area (Å²) in [5.41, 5.74) is 4.04. The zero-order valence-corrected chi connectivity index (χ0v) is 14.4. The van der Waals surface area contributed by atoms with Crippen molar-refractivity contribution in [3.8, 4) is 0 Å².